The molecule has 25 heavy (non-hydrogen) atoms. The highest BCUT2D eigenvalue weighted by Crippen LogP contribution is 2.48. The van der Waals surface area contributed by atoms with E-state index in [4.69, 9.17) is 4.74 Å². The van der Waals surface area contributed by atoms with Gasteiger partial charge < -0.3 is 15.0 Å². The van der Waals surface area contributed by atoms with Crippen LogP contribution in [0.3, 0.4) is 0 Å². The van der Waals surface area contributed by atoms with Crippen LogP contribution in [-0.2, 0) is 11.8 Å². The van der Waals surface area contributed by atoms with Crippen LogP contribution >= 0.6 is 24.0 Å². The number of aliphatic imine (C=N–C) groups is 1. The number of nitrogens with zero attached hydrogens (tertiary/aromatic N) is 4. The molecule has 7 heteroatoms. The van der Waals surface area contributed by atoms with Crippen molar-refractivity contribution in [3.8, 4) is 0 Å². The van der Waals surface area contributed by atoms with Gasteiger partial charge in [-0.1, -0.05) is 0 Å². The second-order valence-electron chi connectivity index (χ2n) is 7.52. The molecule has 1 saturated heterocycles. The second-order valence-corrected chi connectivity index (χ2v) is 7.52. The topological polar surface area (TPSA) is 54.7 Å². The van der Waals surface area contributed by atoms with E-state index in [1.165, 1.54) is 25.7 Å². The minimum atomic E-state index is 0. The summed E-state index contributed by atoms with van der Waals surface area (Å²) >= 11 is 0. The first kappa shape index (κ1) is 18.9. The Bertz CT molecular complexity index is 584. The summed E-state index contributed by atoms with van der Waals surface area (Å²) in [6.07, 6.45) is 9.75. The number of ether oxygens (including phenoxy) is 1. The summed E-state index contributed by atoms with van der Waals surface area (Å²) in [5.74, 6) is 3.82. The van der Waals surface area contributed by atoms with Crippen molar-refractivity contribution >= 4 is 29.9 Å². The van der Waals surface area contributed by atoms with Gasteiger partial charge in [-0.3, -0.25) is 9.67 Å². The SMILES string of the molecule is CN=C(NCC(C1CC1)C1CC1)N1CCOC(c2cnn(C)c2)C1.I. The van der Waals surface area contributed by atoms with E-state index in [0.29, 0.717) is 0 Å². The molecule has 140 valence electrons. The van der Waals surface area contributed by atoms with Crippen molar-refractivity contribution in [3.05, 3.63) is 18.0 Å². The van der Waals surface area contributed by atoms with E-state index in [1.54, 1.807) is 0 Å². The molecule has 1 aromatic rings. The first-order valence-electron chi connectivity index (χ1n) is 9.30. The molecule has 2 aliphatic carbocycles. The van der Waals surface area contributed by atoms with E-state index in [1.807, 2.05) is 31.2 Å². The lowest BCUT2D eigenvalue weighted by Gasteiger charge is -2.35. The van der Waals surface area contributed by atoms with E-state index in [0.717, 1.165) is 55.5 Å². The van der Waals surface area contributed by atoms with Crippen LogP contribution in [0.1, 0.15) is 37.4 Å². The Balaban J connectivity index is 0.00000182. The first-order valence-corrected chi connectivity index (χ1v) is 9.30. The molecule has 1 aliphatic heterocycles. The minimum Gasteiger partial charge on any atom is -0.370 e. The summed E-state index contributed by atoms with van der Waals surface area (Å²) in [6, 6.07) is 0. The Hall–Kier alpha value is -0.830. The van der Waals surface area contributed by atoms with Crippen LogP contribution < -0.4 is 5.32 Å². The summed E-state index contributed by atoms with van der Waals surface area (Å²) < 4.78 is 7.78. The van der Waals surface area contributed by atoms with Crippen LogP contribution in [-0.4, -0.2) is 53.9 Å². The number of halogens is 1. The second kappa shape index (κ2) is 8.24. The van der Waals surface area contributed by atoms with Gasteiger partial charge in [-0.25, -0.2) is 0 Å². The average molecular weight is 459 g/mol. The number of guanidine groups is 1. The van der Waals surface area contributed by atoms with Crippen LogP contribution in [0.25, 0.3) is 0 Å². The van der Waals surface area contributed by atoms with Gasteiger partial charge >= 0.3 is 0 Å². The normalized spacial score (nSPS) is 24.4. The van der Waals surface area contributed by atoms with Crippen molar-refractivity contribution in [2.75, 3.05) is 33.3 Å². The molecule has 0 amide bonds. The van der Waals surface area contributed by atoms with Crippen LogP contribution in [0.2, 0.25) is 0 Å². The number of nitrogens with one attached hydrogen (secondary N) is 1. The summed E-state index contributed by atoms with van der Waals surface area (Å²) in [5, 5.41) is 7.93. The molecule has 2 saturated carbocycles. The van der Waals surface area contributed by atoms with E-state index in [-0.39, 0.29) is 30.1 Å². The number of aromatic nitrogens is 2. The van der Waals surface area contributed by atoms with Crippen molar-refractivity contribution in [2.45, 2.75) is 31.8 Å². The van der Waals surface area contributed by atoms with Crippen LogP contribution in [0.15, 0.2) is 17.4 Å². The predicted octanol–water partition coefficient (Wildman–Crippen LogP) is 2.42. The maximum Gasteiger partial charge on any atom is 0.193 e. The van der Waals surface area contributed by atoms with Crippen molar-refractivity contribution in [1.82, 2.24) is 20.0 Å². The van der Waals surface area contributed by atoms with Gasteiger partial charge in [-0.15, -0.1) is 24.0 Å². The lowest BCUT2D eigenvalue weighted by molar-refractivity contribution is -0.00811. The maximum absolute atomic E-state index is 5.95. The summed E-state index contributed by atoms with van der Waals surface area (Å²) in [6.45, 7) is 3.54. The molecule has 1 unspecified atom stereocenters. The van der Waals surface area contributed by atoms with Gasteiger partial charge in [0, 0.05) is 38.9 Å². The zero-order valence-corrected chi connectivity index (χ0v) is 17.6. The fourth-order valence-corrected chi connectivity index (χ4v) is 3.96. The third kappa shape index (κ3) is 4.67. The fraction of sp³-hybridized carbons (Fsp3) is 0.778. The average Bonchev–Trinajstić information content (AvgIpc) is 3.52. The Morgan fingerprint density at radius 3 is 2.64 bits per heavy atom. The molecular formula is C18H30IN5O. The molecule has 0 aromatic carbocycles. The van der Waals surface area contributed by atoms with Gasteiger partial charge in [0.05, 0.1) is 19.3 Å². The Labute approximate surface area is 167 Å². The number of rotatable bonds is 5. The Kier molecular flexibility index (Phi) is 6.25. The standard InChI is InChI=1S/C18H29N5O.HI/c1-19-18(20-10-16(13-3-4-13)14-5-6-14)23-7-8-24-17(12-23)15-9-21-22(2)11-15;/h9,11,13-14,16-17H,3-8,10,12H2,1-2H3,(H,19,20);1H. The molecule has 6 nitrogen and oxygen atoms in total. The lowest BCUT2D eigenvalue weighted by Crippen LogP contribution is -2.49. The molecule has 4 rings (SSSR count). The molecule has 0 bridgehead atoms. The monoisotopic (exact) mass is 459 g/mol. The summed E-state index contributed by atoms with van der Waals surface area (Å²) in [4.78, 5) is 6.86. The quantitative estimate of drug-likeness (QED) is 0.418. The van der Waals surface area contributed by atoms with Gasteiger partial charge in [0.15, 0.2) is 5.96 Å². The Morgan fingerprint density at radius 2 is 2.08 bits per heavy atom. The van der Waals surface area contributed by atoms with E-state index in [9.17, 15) is 0 Å². The molecule has 0 spiro atoms. The molecule has 1 atom stereocenters. The van der Waals surface area contributed by atoms with E-state index < -0.39 is 0 Å². The predicted molar refractivity (Wildman–Crippen MR) is 109 cm³/mol. The van der Waals surface area contributed by atoms with Crippen molar-refractivity contribution in [1.29, 1.82) is 0 Å². The first-order chi connectivity index (χ1) is 11.7. The highest BCUT2D eigenvalue weighted by Gasteiger charge is 2.41. The van der Waals surface area contributed by atoms with Gasteiger partial charge in [0.25, 0.3) is 0 Å². The molecule has 2 heterocycles. The van der Waals surface area contributed by atoms with E-state index in [2.05, 4.69) is 20.3 Å². The maximum atomic E-state index is 5.95. The smallest absolute Gasteiger partial charge is 0.193 e. The number of hydrogen-bond donors (Lipinski definition) is 1. The van der Waals surface area contributed by atoms with Gasteiger partial charge in [-0.2, -0.15) is 5.10 Å². The van der Waals surface area contributed by atoms with Crippen LogP contribution in [0.4, 0.5) is 0 Å². The highest BCUT2D eigenvalue weighted by atomic mass is 127. The van der Waals surface area contributed by atoms with Crippen molar-refractivity contribution < 1.29 is 4.74 Å². The van der Waals surface area contributed by atoms with Crippen molar-refractivity contribution in [3.63, 3.8) is 0 Å². The molecular weight excluding hydrogens is 429 g/mol. The van der Waals surface area contributed by atoms with Gasteiger partial charge in [0.2, 0.25) is 0 Å². The fourth-order valence-electron chi connectivity index (χ4n) is 3.96. The number of aryl methyl sites for hydroxylation is 1. The van der Waals surface area contributed by atoms with Crippen LogP contribution in [0.5, 0.6) is 0 Å². The number of hydrogen-bond acceptors (Lipinski definition) is 3. The largest absolute Gasteiger partial charge is 0.370 e. The third-order valence-corrected chi connectivity index (χ3v) is 5.63. The van der Waals surface area contributed by atoms with E-state index >= 15 is 0 Å². The highest BCUT2D eigenvalue weighted by molar-refractivity contribution is 14.0. The molecule has 1 N–H and O–H groups in total. The third-order valence-electron chi connectivity index (χ3n) is 5.63. The van der Waals surface area contributed by atoms with Gasteiger partial charge in [-0.05, 0) is 43.4 Å². The molecule has 3 aliphatic rings. The van der Waals surface area contributed by atoms with Crippen LogP contribution in [0, 0.1) is 17.8 Å². The minimum absolute atomic E-state index is 0. The zero-order valence-electron chi connectivity index (χ0n) is 15.2. The Morgan fingerprint density at radius 1 is 1.36 bits per heavy atom. The zero-order chi connectivity index (χ0) is 16.5. The van der Waals surface area contributed by atoms with Crippen molar-refractivity contribution in [2.24, 2.45) is 29.8 Å². The molecule has 0 radical (unpaired) electrons. The molecule has 3 fully saturated rings. The van der Waals surface area contributed by atoms with Gasteiger partial charge in [0.1, 0.15) is 6.10 Å². The molecule has 1 aromatic heterocycles. The summed E-state index contributed by atoms with van der Waals surface area (Å²) in [7, 11) is 3.83. The number of morpholine rings is 1. The lowest BCUT2D eigenvalue weighted by atomic mass is 9.98. The summed E-state index contributed by atoms with van der Waals surface area (Å²) in [5.41, 5.74) is 1.14.